The maximum Gasteiger partial charge on any atom is 0.306 e. The summed E-state index contributed by atoms with van der Waals surface area (Å²) in [6.45, 7) is 4.52. The Kier molecular flexibility index (Phi) is 45.1. The Morgan fingerprint density at radius 2 is 0.851 bits per heavy atom. The maximum absolute atomic E-state index is 12.8. The van der Waals surface area contributed by atoms with Crippen molar-refractivity contribution >= 4 is 17.9 Å². The molecule has 0 saturated carbocycles. The van der Waals surface area contributed by atoms with Gasteiger partial charge in [0.1, 0.15) is 13.2 Å². The lowest BCUT2D eigenvalue weighted by molar-refractivity contribution is -0.870. The lowest BCUT2D eigenvalue weighted by Crippen LogP contribution is -2.44. The van der Waals surface area contributed by atoms with Gasteiger partial charge in [-0.2, -0.15) is 0 Å². The van der Waals surface area contributed by atoms with Gasteiger partial charge in [-0.3, -0.25) is 9.59 Å². The summed E-state index contributed by atoms with van der Waals surface area (Å²) in [6, 6.07) is 0. The number of carboxylic acids is 1. The van der Waals surface area contributed by atoms with Crippen molar-refractivity contribution in [3.8, 4) is 0 Å². The molecule has 2 unspecified atom stereocenters. The minimum atomic E-state index is -1.64. The first kappa shape index (κ1) is 62.7. The second-order valence-electron chi connectivity index (χ2n) is 17.7. The minimum absolute atomic E-state index is 0.133. The highest BCUT2D eigenvalue weighted by Crippen LogP contribution is 2.12. The van der Waals surface area contributed by atoms with E-state index in [2.05, 4.69) is 135 Å². The molecule has 9 heteroatoms. The molecule has 0 fully saturated rings. The molecule has 0 amide bonds. The van der Waals surface area contributed by atoms with E-state index in [1.54, 1.807) is 0 Å². The molecular formula is C58H93NO8. The van der Waals surface area contributed by atoms with E-state index in [1.807, 2.05) is 21.1 Å². The molecule has 0 aromatic heterocycles. The van der Waals surface area contributed by atoms with Crippen LogP contribution in [0.5, 0.6) is 0 Å². The van der Waals surface area contributed by atoms with Crippen molar-refractivity contribution in [2.45, 2.75) is 180 Å². The van der Waals surface area contributed by atoms with Crippen molar-refractivity contribution in [2.24, 2.45) is 0 Å². The third-order valence-corrected chi connectivity index (χ3v) is 10.2. The topological polar surface area (TPSA) is 111 Å². The lowest BCUT2D eigenvalue weighted by Gasteiger charge is -2.26. The fraction of sp³-hybridized carbons (Fsp3) is 0.603. The molecular weight excluding hydrogens is 839 g/mol. The van der Waals surface area contributed by atoms with Crippen LogP contribution >= 0.6 is 0 Å². The van der Waals surface area contributed by atoms with Gasteiger partial charge >= 0.3 is 11.9 Å². The normalized spacial score (nSPS) is 13.9. The van der Waals surface area contributed by atoms with Crippen LogP contribution in [-0.4, -0.2) is 82.3 Å². The molecule has 0 heterocycles. The van der Waals surface area contributed by atoms with Gasteiger partial charge < -0.3 is 33.3 Å². The zero-order valence-electron chi connectivity index (χ0n) is 42.7. The molecule has 9 nitrogen and oxygen atoms in total. The standard InChI is InChI=1S/C58H93NO8/c1-6-8-10-12-14-16-17-18-19-20-21-22-23-24-25-26-27-28-29-30-31-32-33-34-35-36-37-38-39-41-43-45-47-49-56(61)67-54(53-66-58(57(62)63)64-51-50-59(3,4)5)52-65-55(60)48-46-44-42-40-15-13-11-9-7-2/h8,10,14,16,18-19,21-22,24-25,27-28,30-31,33-34,36-37,39,41,54,58H,6-7,9,11-13,15,17,20,23,26,29,32,35,38,40,42-53H2,1-5H3/b10-8-,16-14-,19-18-,22-21-,25-24-,28-27-,31-30-,34-33-,37-36-,41-39-. The SMILES string of the molecule is CC/C=C\C/C=C\C/C=C\C/C=C\C/C=C\C/C=C\C/C=C\C/C=C\C/C=C\C/C=C\CCCCC(=O)OC(COC(=O)CCCCCCCCCCC)COC(OCC[N+](C)(C)C)C(=O)[O-]. The summed E-state index contributed by atoms with van der Waals surface area (Å²) in [5.41, 5.74) is 0. The van der Waals surface area contributed by atoms with Crippen LogP contribution in [0, 0.1) is 0 Å². The van der Waals surface area contributed by atoms with Crippen molar-refractivity contribution < 1.29 is 42.9 Å². The molecule has 0 N–H and O–H groups in total. The fourth-order valence-electron chi connectivity index (χ4n) is 6.27. The van der Waals surface area contributed by atoms with Gasteiger partial charge in [-0.1, -0.05) is 187 Å². The van der Waals surface area contributed by atoms with E-state index in [0.29, 0.717) is 17.4 Å². The van der Waals surface area contributed by atoms with Crippen LogP contribution in [0.15, 0.2) is 122 Å². The number of unbranched alkanes of at least 4 members (excludes halogenated alkanes) is 10. The molecule has 378 valence electrons. The number of carboxylic acid groups (broad SMARTS) is 1. The predicted molar refractivity (Wildman–Crippen MR) is 278 cm³/mol. The Balaban J connectivity index is 4.33. The number of hydrogen-bond donors (Lipinski definition) is 0. The van der Waals surface area contributed by atoms with Crippen molar-refractivity contribution in [3.05, 3.63) is 122 Å². The Morgan fingerprint density at radius 3 is 1.27 bits per heavy atom. The Morgan fingerprint density at radius 1 is 0.463 bits per heavy atom. The molecule has 0 aromatic rings. The maximum atomic E-state index is 12.8. The third-order valence-electron chi connectivity index (χ3n) is 10.2. The fourth-order valence-corrected chi connectivity index (χ4v) is 6.27. The number of rotatable bonds is 45. The van der Waals surface area contributed by atoms with Gasteiger partial charge in [-0.15, -0.1) is 0 Å². The molecule has 0 bridgehead atoms. The summed E-state index contributed by atoms with van der Waals surface area (Å²) >= 11 is 0. The number of aliphatic carboxylic acids is 1. The highest BCUT2D eigenvalue weighted by atomic mass is 16.7. The zero-order valence-corrected chi connectivity index (χ0v) is 42.7. The van der Waals surface area contributed by atoms with Gasteiger partial charge in [0.05, 0.1) is 40.3 Å². The number of hydrogen-bond acceptors (Lipinski definition) is 8. The summed E-state index contributed by atoms with van der Waals surface area (Å²) < 4.78 is 22.5. The molecule has 67 heavy (non-hydrogen) atoms. The average molecular weight is 932 g/mol. The van der Waals surface area contributed by atoms with Crippen LogP contribution in [0.3, 0.4) is 0 Å². The first-order valence-corrected chi connectivity index (χ1v) is 25.7. The van der Waals surface area contributed by atoms with Gasteiger partial charge in [-0.05, 0) is 89.9 Å². The molecule has 0 aliphatic rings. The minimum Gasteiger partial charge on any atom is -0.545 e. The van der Waals surface area contributed by atoms with Gasteiger partial charge in [0.25, 0.3) is 0 Å². The van der Waals surface area contributed by atoms with E-state index in [4.69, 9.17) is 18.9 Å². The van der Waals surface area contributed by atoms with Crippen molar-refractivity contribution in [2.75, 3.05) is 47.5 Å². The highest BCUT2D eigenvalue weighted by molar-refractivity contribution is 5.70. The van der Waals surface area contributed by atoms with Crippen LogP contribution in [0.2, 0.25) is 0 Å². The second-order valence-corrected chi connectivity index (χ2v) is 17.7. The summed E-state index contributed by atoms with van der Waals surface area (Å²) in [4.78, 5) is 36.9. The summed E-state index contributed by atoms with van der Waals surface area (Å²) in [5, 5.41) is 11.7. The highest BCUT2D eigenvalue weighted by Gasteiger charge is 2.21. The molecule has 0 saturated heterocycles. The van der Waals surface area contributed by atoms with Gasteiger partial charge in [0, 0.05) is 12.8 Å². The quantitative estimate of drug-likeness (QED) is 0.0195. The van der Waals surface area contributed by atoms with E-state index in [9.17, 15) is 19.5 Å². The summed E-state index contributed by atoms with van der Waals surface area (Å²) in [6.07, 6.45) is 64.0. The Bertz CT molecular complexity index is 1510. The van der Waals surface area contributed by atoms with Gasteiger partial charge in [-0.25, -0.2) is 0 Å². The van der Waals surface area contributed by atoms with Crippen molar-refractivity contribution in [1.82, 2.24) is 0 Å². The van der Waals surface area contributed by atoms with E-state index in [0.717, 1.165) is 96.3 Å². The number of carbonyl (C=O) groups is 3. The Labute approximate surface area is 408 Å². The molecule has 0 aliphatic heterocycles. The predicted octanol–water partition coefficient (Wildman–Crippen LogP) is 13.2. The van der Waals surface area contributed by atoms with Crippen molar-refractivity contribution in [3.63, 3.8) is 0 Å². The molecule has 0 radical (unpaired) electrons. The lowest BCUT2D eigenvalue weighted by atomic mass is 10.1. The number of carbonyl (C=O) groups excluding carboxylic acids is 3. The van der Waals surface area contributed by atoms with Gasteiger partial charge in [0.2, 0.25) is 0 Å². The number of quaternary nitrogens is 1. The molecule has 0 rings (SSSR count). The van der Waals surface area contributed by atoms with E-state index in [-0.39, 0.29) is 38.6 Å². The monoisotopic (exact) mass is 932 g/mol. The van der Waals surface area contributed by atoms with E-state index < -0.39 is 24.3 Å². The number of nitrogens with zero attached hydrogens (tertiary/aromatic N) is 1. The smallest absolute Gasteiger partial charge is 0.306 e. The van der Waals surface area contributed by atoms with Crippen LogP contribution < -0.4 is 5.11 Å². The molecule has 2 atom stereocenters. The van der Waals surface area contributed by atoms with Crippen LogP contribution in [0.4, 0.5) is 0 Å². The van der Waals surface area contributed by atoms with Crippen molar-refractivity contribution in [1.29, 1.82) is 0 Å². The summed E-state index contributed by atoms with van der Waals surface area (Å²) in [7, 11) is 5.88. The third kappa shape index (κ3) is 49.4. The summed E-state index contributed by atoms with van der Waals surface area (Å²) in [5.74, 6) is -2.37. The molecule has 0 spiro atoms. The number of ether oxygens (including phenoxy) is 4. The average Bonchev–Trinajstić information content (AvgIpc) is 3.29. The molecule has 0 aliphatic carbocycles. The number of esters is 2. The van der Waals surface area contributed by atoms with Crippen LogP contribution in [0.25, 0.3) is 0 Å². The first-order valence-electron chi connectivity index (χ1n) is 25.7. The van der Waals surface area contributed by atoms with E-state index >= 15 is 0 Å². The largest absolute Gasteiger partial charge is 0.545 e. The van der Waals surface area contributed by atoms with Gasteiger partial charge in [0.15, 0.2) is 12.4 Å². The molecule has 0 aromatic carbocycles. The zero-order chi connectivity index (χ0) is 49.2. The number of likely N-dealkylation sites (N-methyl/N-ethyl adjacent to an activating group) is 1. The van der Waals surface area contributed by atoms with Crippen LogP contribution in [0.1, 0.15) is 168 Å². The van der Waals surface area contributed by atoms with E-state index in [1.165, 1.54) is 38.5 Å². The van der Waals surface area contributed by atoms with Crippen LogP contribution in [-0.2, 0) is 33.3 Å². The second kappa shape index (κ2) is 48.2. The first-order chi connectivity index (χ1) is 32.6. The number of allylic oxidation sites excluding steroid dienone is 20. The Hall–Kier alpha value is -4.31.